The number of nitrogen functional groups attached to an aromatic ring is 1. The average molecular weight is 295 g/mol. The number of rotatable bonds is 2. The van der Waals surface area contributed by atoms with Gasteiger partial charge < -0.3 is 5.73 Å². The van der Waals surface area contributed by atoms with Crippen molar-refractivity contribution in [2.45, 2.75) is 16.7 Å². The predicted molar refractivity (Wildman–Crippen MR) is 71.7 cm³/mol. The Labute approximate surface area is 107 Å². The van der Waals surface area contributed by atoms with E-state index in [9.17, 15) is 0 Å². The van der Waals surface area contributed by atoms with Gasteiger partial charge in [-0.2, -0.15) is 0 Å². The Morgan fingerprint density at radius 2 is 2.12 bits per heavy atom. The van der Waals surface area contributed by atoms with E-state index in [0.717, 1.165) is 9.37 Å². The van der Waals surface area contributed by atoms with Gasteiger partial charge in [0, 0.05) is 11.1 Å². The zero-order valence-electron chi connectivity index (χ0n) is 8.77. The van der Waals surface area contributed by atoms with Gasteiger partial charge in [0.15, 0.2) is 0 Å². The summed E-state index contributed by atoms with van der Waals surface area (Å²) in [4.78, 5) is 6.21. The fourth-order valence-corrected chi connectivity index (χ4v) is 2.88. The van der Waals surface area contributed by atoms with Gasteiger partial charge in [0.2, 0.25) is 0 Å². The third kappa shape index (κ3) is 2.57. The lowest BCUT2D eigenvalue weighted by atomic mass is 10.2. The average Bonchev–Trinajstić information content (AvgIpc) is 2.24. The Morgan fingerprint density at radius 3 is 2.81 bits per heavy atom. The van der Waals surface area contributed by atoms with E-state index in [1.165, 1.54) is 10.5 Å². The van der Waals surface area contributed by atoms with Gasteiger partial charge in [-0.25, -0.2) is 0 Å². The Bertz CT molecular complexity index is 494. The zero-order chi connectivity index (χ0) is 11.5. The van der Waals surface area contributed by atoms with Crippen molar-refractivity contribution in [1.29, 1.82) is 0 Å². The van der Waals surface area contributed by atoms with Gasteiger partial charge in [-0.15, -0.1) is 0 Å². The third-order valence-corrected chi connectivity index (χ3v) is 4.10. The Morgan fingerprint density at radius 1 is 1.31 bits per heavy atom. The summed E-state index contributed by atoms with van der Waals surface area (Å²) in [5.74, 6) is 0. The van der Waals surface area contributed by atoms with E-state index in [1.54, 1.807) is 24.2 Å². The quantitative estimate of drug-likeness (QED) is 0.913. The van der Waals surface area contributed by atoms with Crippen LogP contribution in [0.3, 0.4) is 0 Å². The lowest BCUT2D eigenvalue weighted by Crippen LogP contribution is -1.90. The summed E-state index contributed by atoms with van der Waals surface area (Å²) >= 11 is 5.10. The van der Waals surface area contributed by atoms with Gasteiger partial charge in [-0.1, -0.05) is 29.5 Å². The molecule has 2 aromatic rings. The van der Waals surface area contributed by atoms with Crippen molar-refractivity contribution in [1.82, 2.24) is 4.98 Å². The van der Waals surface area contributed by atoms with Gasteiger partial charge in [0.1, 0.15) is 0 Å². The second kappa shape index (κ2) is 4.89. The molecule has 0 fully saturated rings. The maximum Gasteiger partial charge on any atom is 0.0653 e. The highest BCUT2D eigenvalue weighted by Crippen LogP contribution is 2.36. The summed E-state index contributed by atoms with van der Waals surface area (Å²) in [6, 6.07) is 8.33. The number of benzene rings is 1. The Balaban J connectivity index is 2.34. The van der Waals surface area contributed by atoms with E-state index in [2.05, 4.69) is 46.0 Å². The molecule has 4 heteroatoms. The summed E-state index contributed by atoms with van der Waals surface area (Å²) in [5, 5.41) is 0. The molecule has 1 aromatic carbocycles. The molecule has 2 rings (SSSR count). The number of nitrogens with zero attached hydrogens (tertiary/aromatic N) is 1. The van der Waals surface area contributed by atoms with Crippen LogP contribution in [0, 0.1) is 6.92 Å². The fraction of sp³-hybridized carbons (Fsp3) is 0.0833. The molecule has 0 spiro atoms. The highest BCUT2D eigenvalue weighted by atomic mass is 79.9. The number of hydrogen-bond donors (Lipinski definition) is 1. The lowest BCUT2D eigenvalue weighted by Gasteiger charge is -2.07. The van der Waals surface area contributed by atoms with Gasteiger partial charge in [0.05, 0.1) is 21.3 Å². The topological polar surface area (TPSA) is 38.9 Å². The molecular weight excluding hydrogens is 284 g/mol. The highest BCUT2D eigenvalue weighted by molar-refractivity contribution is 9.10. The molecule has 0 saturated heterocycles. The molecular formula is C12H11BrN2S. The monoisotopic (exact) mass is 294 g/mol. The van der Waals surface area contributed by atoms with Crippen LogP contribution < -0.4 is 5.73 Å². The molecule has 0 aliphatic heterocycles. The summed E-state index contributed by atoms with van der Waals surface area (Å²) in [5.41, 5.74) is 7.83. The van der Waals surface area contributed by atoms with E-state index in [4.69, 9.17) is 5.73 Å². The van der Waals surface area contributed by atoms with Crippen LogP contribution in [0.5, 0.6) is 0 Å². The first-order valence-corrected chi connectivity index (χ1v) is 6.41. The number of nitrogens with two attached hydrogens (primary N) is 1. The minimum absolute atomic E-state index is 0.695. The van der Waals surface area contributed by atoms with Crippen molar-refractivity contribution in [3.63, 3.8) is 0 Å². The minimum atomic E-state index is 0.695. The van der Waals surface area contributed by atoms with Crippen molar-refractivity contribution in [3.05, 3.63) is 46.7 Å². The van der Waals surface area contributed by atoms with E-state index in [1.807, 2.05) is 6.07 Å². The molecule has 0 aliphatic carbocycles. The summed E-state index contributed by atoms with van der Waals surface area (Å²) < 4.78 is 0.930. The molecule has 1 aromatic heterocycles. The summed E-state index contributed by atoms with van der Waals surface area (Å²) in [7, 11) is 0. The number of aryl methyl sites for hydroxylation is 1. The molecule has 0 radical (unpaired) electrons. The lowest BCUT2D eigenvalue weighted by molar-refractivity contribution is 1.23. The smallest absolute Gasteiger partial charge is 0.0653 e. The van der Waals surface area contributed by atoms with Crippen molar-refractivity contribution in [2.75, 3.05) is 5.73 Å². The molecule has 0 aliphatic rings. The van der Waals surface area contributed by atoms with Crippen LogP contribution in [0.1, 0.15) is 5.56 Å². The van der Waals surface area contributed by atoms with Gasteiger partial charge in [0.25, 0.3) is 0 Å². The number of aromatic nitrogens is 1. The maximum atomic E-state index is 5.89. The minimum Gasteiger partial charge on any atom is -0.397 e. The largest absolute Gasteiger partial charge is 0.397 e. The molecule has 16 heavy (non-hydrogen) atoms. The fourth-order valence-electron chi connectivity index (χ4n) is 1.34. The van der Waals surface area contributed by atoms with E-state index < -0.39 is 0 Å². The van der Waals surface area contributed by atoms with Crippen LogP contribution in [-0.2, 0) is 0 Å². The van der Waals surface area contributed by atoms with E-state index >= 15 is 0 Å². The second-order valence-corrected chi connectivity index (χ2v) is 5.40. The molecule has 0 amide bonds. The Kier molecular flexibility index (Phi) is 3.51. The molecule has 2 nitrogen and oxygen atoms in total. The van der Waals surface area contributed by atoms with Crippen molar-refractivity contribution < 1.29 is 0 Å². The Hall–Kier alpha value is -1.00. The standard InChI is InChI=1S/C12H11BrN2S/c1-8-3-2-4-9(5-8)16-12-10(13)6-15-7-11(12)14/h2-7H,14H2,1H3. The molecule has 0 unspecified atom stereocenters. The molecule has 0 atom stereocenters. The SMILES string of the molecule is Cc1cccc(Sc2c(N)cncc2Br)c1. The van der Waals surface area contributed by atoms with E-state index in [-0.39, 0.29) is 0 Å². The molecule has 0 bridgehead atoms. The zero-order valence-corrected chi connectivity index (χ0v) is 11.2. The third-order valence-electron chi connectivity index (χ3n) is 2.09. The van der Waals surface area contributed by atoms with Crippen LogP contribution in [0.4, 0.5) is 5.69 Å². The van der Waals surface area contributed by atoms with Crippen LogP contribution in [0.25, 0.3) is 0 Å². The number of halogens is 1. The molecule has 1 heterocycles. The first-order chi connectivity index (χ1) is 7.66. The number of hydrogen-bond acceptors (Lipinski definition) is 3. The van der Waals surface area contributed by atoms with Crippen LogP contribution in [-0.4, -0.2) is 4.98 Å². The van der Waals surface area contributed by atoms with Gasteiger partial charge in [-0.05, 0) is 35.0 Å². The summed E-state index contributed by atoms with van der Waals surface area (Å²) in [6.07, 6.45) is 3.43. The second-order valence-electron chi connectivity index (χ2n) is 3.46. The van der Waals surface area contributed by atoms with Crippen LogP contribution in [0.2, 0.25) is 0 Å². The van der Waals surface area contributed by atoms with E-state index in [0.29, 0.717) is 5.69 Å². The molecule has 0 saturated carbocycles. The van der Waals surface area contributed by atoms with Crippen LogP contribution >= 0.6 is 27.7 Å². The number of pyridine rings is 1. The van der Waals surface area contributed by atoms with Gasteiger partial charge >= 0.3 is 0 Å². The van der Waals surface area contributed by atoms with Crippen molar-refractivity contribution in [3.8, 4) is 0 Å². The normalized spacial score (nSPS) is 10.4. The maximum absolute atomic E-state index is 5.89. The number of anilines is 1. The first-order valence-electron chi connectivity index (χ1n) is 4.80. The van der Waals surface area contributed by atoms with Crippen LogP contribution in [0.15, 0.2) is 50.9 Å². The van der Waals surface area contributed by atoms with Crippen molar-refractivity contribution >= 4 is 33.4 Å². The highest BCUT2D eigenvalue weighted by Gasteiger charge is 2.06. The molecule has 2 N–H and O–H groups in total. The summed E-state index contributed by atoms with van der Waals surface area (Å²) in [6.45, 7) is 2.08. The predicted octanol–water partition coefficient (Wildman–Crippen LogP) is 3.89. The van der Waals surface area contributed by atoms with Gasteiger partial charge in [-0.3, -0.25) is 4.98 Å². The van der Waals surface area contributed by atoms with Crippen molar-refractivity contribution in [2.24, 2.45) is 0 Å². The first kappa shape index (κ1) is 11.5. The molecule has 82 valence electrons.